The van der Waals surface area contributed by atoms with Gasteiger partial charge in [-0.1, -0.05) is 29.8 Å². The van der Waals surface area contributed by atoms with Crippen LogP contribution in [0.5, 0.6) is 5.75 Å². The largest absolute Gasteiger partial charge is 0.507 e. The minimum absolute atomic E-state index is 0.103. The number of carbonyl (C=O) groups is 1. The number of aromatic amines is 1. The average Bonchev–Trinajstić information content (AvgIpc) is 2.99. The average molecular weight is 369 g/mol. The molecule has 0 aliphatic carbocycles. The quantitative estimate of drug-likeness (QED) is 0.600. The number of primary amides is 1. The molecule has 3 aromatic rings. The Hall–Kier alpha value is -3.12. The summed E-state index contributed by atoms with van der Waals surface area (Å²) in [7, 11) is 0. The van der Waals surface area contributed by atoms with Crippen LogP contribution >= 0.6 is 11.6 Å². The van der Waals surface area contributed by atoms with Gasteiger partial charge in [0.1, 0.15) is 11.3 Å². The smallest absolute Gasteiger partial charge is 0.254 e. The van der Waals surface area contributed by atoms with Gasteiger partial charge in [0.2, 0.25) is 0 Å². The van der Waals surface area contributed by atoms with Crippen molar-refractivity contribution in [3.05, 3.63) is 75.4 Å². The first kappa shape index (κ1) is 17.7. The summed E-state index contributed by atoms with van der Waals surface area (Å²) in [5.41, 5.74) is 8.71. The zero-order valence-electron chi connectivity index (χ0n) is 14.0. The summed E-state index contributed by atoms with van der Waals surface area (Å²) in [4.78, 5) is 16.1. The maximum atomic E-state index is 11.9. The van der Waals surface area contributed by atoms with E-state index in [0.717, 1.165) is 11.1 Å². The number of nitrogens with two attached hydrogens (primary N) is 1. The van der Waals surface area contributed by atoms with Crippen LogP contribution in [0.25, 0.3) is 0 Å². The highest BCUT2D eigenvalue weighted by Crippen LogP contribution is 2.23. The lowest BCUT2D eigenvalue weighted by Crippen LogP contribution is -2.13. The van der Waals surface area contributed by atoms with Crippen LogP contribution in [-0.4, -0.2) is 27.4 Å². The second kappa shape index (κ2) is 7.41. The van der Waals surface area contributed by atoms with Crippen molar-refractivity contribution in [3.8, 4) is 5.75 Å². The summed E-state index contributed by atoms with van der Waals surface area (Å²) in [5, 5.41) is 17.5. The molecule has 2 aromatic carbocycles. The molecule has 0 spiro atoms. The van der Waals surface area contributed by atoms with E-state index >= 15 is 0 Å². The van der Waals surface area contributed by atoms with Gasteiger partial charge in [-0.15, -0.1) is 0 Å². The number of aryl methyl sites for hydroxylation is 1. The minimum Gasteiger partial charge on any atom is -0.507 e. The van der Waals surface area contributed by atoms with Gasteiger partial charge in [0.05, 0.1) is 5.69 Å². The first-order chi connectivity index (χ1) is 12.4. The molecule has 0 unspecified atom stereocenters. The molecular weight excluding hydrogens is 352 g/mol. The lowest BCUT2D eigenvalue weighted by molar-refractivity contribution is 0.100. The van der Waals surface area contributed by atoms with Crippen molar-refractivity contribution in [1.82, 2.24) is 10.2 Å². The number of hydrogen-bond donors (Lipinski definition) is 3. The van der Waals surface area contributed by atoms with Gasteiger partial charge in [-0.05, 0) is 42.3 Å². The number of phenolic OH excluding ortho intramolecular Hbond substituents is 1. The maximum Gasteiger partial charge on any atom is 0.254 e. The van der Waals surface area contributed by atoms with E-state index in [9.17, 15) is 9.90 Å². The molecule has 0 bridgehead atoms. The monoisotopic (exact) mass is 368 g/mol. The Morgan fingerprint density at radius 2 is 2.04 bits per heavy atom. The van der Waals surface area contributed by atoms with Crippen LogP contribution in [0.2, 0.25) is 5.02 Å². The van der Waals surface area contributed by atoms with Crippen LogP contribution in [0, 0.1) is 6.92 Å². The molecule has 0 fully saturated rings. The molecule has 132 valence electrons. The normalized spacial score (nSPS) is 11.2. The fraction of sp³-hybridized carbons (Fsp3) is 0.105. The minimum atomic E-state index is -0.622. The van der Waals surface area contributed by atoms with E-state index in [0.29, 0.717) is 22.7 Å². The topological polar surface area (TPSA) is 104 Å². The number of halogens is 1. The number of nitrogens with one attached hydrogen (secondary N) is 1. The zero-order chi connectivity index (χ0) is 18.7. The van der Waals surface area contributed by atoms with Crippen molar-refractivity contribution in [2.24, 2.45) is 10.7 Å². The zero-order valence-corrected chi connectivity index (χ0v) is 14.8. The SMILES string of the molecule is Cc1ccc(C=Nc2n[nH]c(Cc3ccc(Cl)cc3)c2C(N)=O)c(O)c1. The molecule has 6 nitrogen and oxygen atoms in total. The summed E-state index contributed by atoms with van der Waals surface area (Å²) in [6, 6.07) is 12.5. The molecule has 26 heavy (non-hydrogen) atoms. The highest BCUT2D eigenvalue weighted by Gasteiger charge is 2.18. The van der Waals surface area contributed by atoms with Gasteiger partial charge in [0, 0.05) is 23.2 Å². The third-order valence-electron chi connectivity index (χ3n) is 3.87. The predicted octanol–water partition coefficient (Wildman–Crippen LogP) is 3.52. The third kappa shape index (κ3) is 3.92. The Morgan fingerprint density at radius 1 is 1.31 bits per heavy atom. The number of benzene rings is 2. The highest BCUT2D eigenvalue weighted by atomic mass is 35.5. The van der Waals surface area contributed by atoms with Crippen LogP contribution in [-0.2, 0) is 6.42 Å². The predicted molar refractivity (Wildman–Crippen MR) is 101 cm³/mol. The standard InChI is InChI=1S/C19H17ClN4O2/c1-11-2-5-13(16(25)8-11)10-22-19-17(18(21)26)15(23-24-19)9-12-3-6-14(20)7-4-12/h2-8,10,25H,9H2,1H3,(H2,21,26)(H,23,24). The number of amides is 1. The van der Waals surface area contributed by atoms with Gasteiger partial charge >= 0.3 is 0 Å². The van der Waals surface area contributed by atoms with E-state index < -0.39 is 5.91 Å². The number of aromatic hydroxyl groups is 1. The number of hydrogen-bond acceptors (Lipinski definition) is 4. The van der Waals surface area contributed by atoms with Crippen molar-refractivity contribution >= 4 is 29.5 Å². The van der Waals surface area contributed by atoms with Crippen LogP contribution in [0.3, 0.4) is 0 Å². The van der Waals surface area contributed by atoms with Crippen LogP contribution in [0.4, 0.5) is 5.82 Å². The second-order valence-corrected chi connectivity index (χ2v) is 6.33. The Labute approximate surface area is 155 Å². The summed E-state index contributed by atoms with van der Waals surface area (Å²) in [5.74, 6) is -0.337. The van der Waals surface area contributed by atoms with E-state index in [1.54, 1.807) is 24.3 Å². The number of aromatic nitrogens is 2. The Kier molecular flexibility index (Phi) is 5.04. The molecule has 1 amide bonds. The molecule has 7 heteroatoms. The van der Waals surface area contributed by atoms with Gasteiger partial charge in [0.15, 0.2) is 5.82 Å². The fourth-order valence-corrected chi connectivity index (χ4v) is 2.67. The number of H-pyrrole nitrogens is 1. The number of aliphatic imine (C=N–C) groups is 1. The third-order valence-corrected chi connectivity index (χ3v) is 4.13. The first-order valence-electron chi connectivity index (χ1n) is 7.89. The van der Waals surface area contributed by atoms with Gasteiger partial charge in [-0.2, -0.15) is 5.10 Å². The molecule has 0 atom stereocenters. The molecule has 3 rings (SSSR count). The lowest BCUT2D eigenvalue weighted by atomic mass is 10.1. The molecular formula is C19H17ClN4O2. The number of rotatable bonds is 5. The molecule has 1 heterocycles. The van der Waals surface area contributed by atoms with Crippen molar-refractivity contribution in [3.63, 3.8) is 0 Å². The summed E-state index contributed by atoms with van der Waals surface area (Å²) >= 11 is 5.89. The van der Waals surface area contributed by atoms with E-state index in [1.165, 1.54) is 6.21 Å². The van der Waals surface area contributed by atoms with Gasteiger partial charge in [0.25, 0.3) is 5.91 Å². The summed E-state index contributed by atoms with van der Waals surface area (Å²) < 4.78 is 0. The lowest BCUT2D eigenvalue weighted by Gasteiger charge is -2.02. The van der Waals surface area contributed by atoms with E-state index in [-0.39, 0.29) is 17.1 Å². The van der Waals surface area contributed by atoms with Crippen molar-refractivity contribution < 1.29 is 9.90 Å². The molecule has 0 aliphatic heterocycles. The number of nitrogens with zero attached hydrogens (tertiary/aromatic N) is 2. The van der Waals surface area contributed by atoms with E-state index in [4.69, 9.17) is 17.3 Å². The van der Waals surface area contributed by atoms with Crippen LogP contribution in [0.1, 0.15) is 32.7 Å². The number of phenols is 1. The molecule has 4 N–H and O–H groups in total. The van der Waals surface area contributed by atoms with E-state index in [1.807, 2.05) is 25.1 Å². The molecule has 1 aromatic heterocycles. The first-order valence-corrected chi connectivity index (χ1v) is 8.27. The highest BCUT2D eigenvalue weighted by molar-refractivity contribution is 6.30. The maximum absolute atomic E-state index is 11.9. The van der Waals surface area contributed by atoms with Crippen molar-refractivity contribution in [2.45, 2.75) is 13.3 Å². The number of carbonyl (C=O) groups excluding carboxylic acids is 1. The van der Waals surface area contributed by atoms with Gasteiger partial charge in [-0.3, -0.25) is 9.89 Å². The Morgan fingerprint density at radius 3 is 2.69 bits per heavy atom. The fourth-order valence-electron chi connectivity index (χ4n) is 2.55. The van der Waals surface area contributed by atoms with Crippen LogP contribution in [0.15, 0.2) is 47.5 Å². The molecule has 0 aliphatic rings. The second-order valence-electron chi connectivity index (χ2n) is 5.89. The van der Waals surface area contributed by atoms with Gasteiger partial charge in [-0.25, -0.2) is 4.99 Å². The summed E-state index contributed by atoms with van der Waals surface area (Å²) in [6.07, 6.45) is 1.89. The van der Waals surface area contributed by atoms with Gasteiger partial charge < -0.3 is 10.8 Å². The van der Waals surface area contributed by atoms with Crippen LogP contribution < -0.4 is 5.73 Å². The summed E-state index contributed by atoms with van der Waals surface area (Å²) in [6.45, 7) is 1.88. The van der Waals surface area contributed by atoms with Crippen molar-refractivity contribution in [1.29, 1.82) is 0 Å². The van der Waals surface area contributed by atoms with E-state index in [2.05, 4.69) is 15.2 Å². The molecule has 0 radical (unpaired) electrons. The van der Waals surface area contributed by atoms with Crippen molar-refractivity contribution in [2.75, 3.05) is 0 Å². The molecule has 0 saturated carbocycles. The Bertz CT molecular complexity index is 978. The Balaban J connectivity index is 1.90. The molecule has 0 saturated heterocycles.